The van der Waals surface area contributed by atoms with Crippen LogP contribution in [-0.4, -0.2) is 8.07 Å². The van der Waals surface area contributed by atoms with Crippen LogP contribution in [0.3, 0.4) is 0 Å². The van der Waals surface area contributed by atoms with Gasteiger partial charge in [-0.2, -0.15) is 0 Å². The van der Waals surface area contributed by atoms with Crippen LogP contribution < -0.4 is 5.19 Å². The fourth-order valence-electron chi connectivity index (χ4n) is 2.66. The van der Waals surface area contributed by atoms with Crippen molar-refractivity contribution >= 4 is 25.0 Å². The molecule has 2 rings (SSSR count). The Balaban J connectivity index is 2.25. The molecule has 0 amide bonds. The molecule has 0 N–H and O–H groups in total. The molecular formula is C21H28SSi. The number of rotatable bonds is 8. The number of hydrogen-bond donors (Lipinski definition) is 0. The highest BCUT2D eigenvalue weighted by Gasteiger charge is 2.28. The zero-order valence-corrected chi connectivity index (χ0v) is 16.4. The minimum absolute atomic E-state index is 1.20. The van der Waals surface area contributed by atoms with Gasteiger partial charge in [-0.05, 0) is 29.5 Å². The van der Waals surface area contributed by atoms with Gasteiger partial charge < -0.3 is 0 Å². The first-order valence-electron chi connectivity index (χ1n) is 8.63. The molecule has 0 heterocycles. The van der Waals surface area contributed by atoms with Crippen molar-refractivity contribution in [3.05, 3.63) is 71.3 Å². The zero-order chi connectivity index (χ0) is 16.5. The molecule has 2 aromatic rings. The van der Waals surface area contributed by atoms with Crippen molar-refractivity contribution in [1.29, 1.82) is 0 Å². The Kier molecular flexibility index (Phi) is 7.19. The first-order valence-corrected chi connectivity index (χ1v) is 12.5. The molecular weight excluding hydrogens is 312 g/mol. The molecule has 0 saturated heterocycles. The molecule has 0 bridgehead atoms. The summed E-state index contributed by atoms with van der Waals surface area (Å²) in [4.78, 5) is 1.35. The van der Waals surface area contributed by atoms with Crippen LogP contribution in [-0.2, 0) is 0 Å². The number of thioether (sulfide) groups is 1. The maximum atomic E-state index is 2.52. The van der Waals surface area contributed by atoms with Crippen LogP contribution in [0, 0.1) is 0 Å². The molecule has 0 aliphatic rings. The summed E-state index contributed by atoms with van der Waals surface area (Å²) in [5.41, 5.74) is 0. The summed E-state index contributed by atoms with van der Waals surface area (Å²) in [7, 11) is -1.63. The zero-order valence-electron chi connectivity index (χ0n) is 14.6. The van der Waals surface area contributed by atoms with E-state index in [-0.39, 0.29) is 0 Å². The van der Waals surface area contributed by atoms with Crippen LogP contribution in [0.4, 0.5) is 0 Å². The summed E-state index contributed by atoms with van der Waals surface area (Å²) in [5, 5.41) is 1.52. The normalized spacial score (nSPS) is 12.4. The average Bonchev–Trinajstić information content (AvgIpc) is 2.59. The summed E-state index contributed by atoms with van der Waals surface area (Å²) in [5.74, 6) is 0. The van der Waals surface area contributed by atoms with Gasteiger partial charge in [0.2, 0.25) is 0 Å². The van der Waals surface area contributed by atoms with Gasteiger partial charge in [-0.1, -0.05) is 104 Å². The van der Waals surface area contributed by atoms with E-state index < -0.39 is 8.07 Å². The predicted molar refractivity (Wildman–Crippen MR) is 108 cm³/mol. The lowest BCUT2D eigenvalue weighted by Crippen LogP contribution is -2.42. The highest BCUT2D eigenvalue weighted by atomic mass is 32.2. The largest absolute Gasteiger partial charge is 0.120 e. The van der Waals surface area contributed by atoms with Crippen molar-refractivity contribution in [1.82, 2.24) is 0 Å². The lowest BCUT2D eigenvalue weighted by Gasteiger charge is -2.26. The molecule has 0 radical (unpaired) electrons. The molecule has 122 valence electrons. The third-order valence-electron chi connectivity index (χ3n) is 4.22. The molecule has 0 aliphatic carbocycles. The maximum Gasteiger partial charge on any atom is 0.120 e. The van der Waals surface area contributed by atoms with Gasteiger partial charge in [0.05, 0.1) is 0 Å². The molecule has 0 atom stereocenters. The SMILES string of the molecule is CCCCC/C=C(\Sc1ccccc1)[Si](C)(C)c1ccccc1. The highest BCUT2D eigenvalue weighted by molar-refractivity contribution is 8.05. The summed E-state index contributed by atoms with van der Waals surface area (Å²) < 4.78 is 1.59. The van der Waals surface area contributed by atoms with Crippen LogP contribution in [0.1, 0.15) is 32.6 Å². The Morgan fingerprint density at radius 3 is 2.13 bits per heavy atom. The Hall–Kier alpha value is -1.25. The molecule has 0 aliphatic heterocycles. The summed E-state index contributed by atoms with van der Waals surface area (Å²) in [6.45, 7) is 7.22. The van der Waals surface area contributed by atoms with Gasteiger partial charge in [0.15, 0.2) is 0 Å². The fraction of sp³-hybridized carbons (Fsp3) is 0.333. The quantitative estimate of drug-likeness (QED) is 0.304. The van der Waals surface area contributed by atoms with E-state index in [9.17, 15) is 0 Å². The van der Waals surface area contributed by atoms with Crippen molar-refractivity contribution < 1.29 is 0 Å². The fourth-order valence-corrected chi connectivity index (χ4v) is 7.11. The molecule has 0 saturated carbocycles. The van der Waals surface area contributed by atoms with Gasteiger partial charge in [-0.3, -0.25) is 0 Å². The first kappa shape index (κ1) is 18.1. The van der Waals surface area contributed by atoms with Crippen LogP contribution in [0.25, 0.3) is 0 Å². The molecule has 2 aromatic carbocycles. The highest BCUT2D eigenvalue weighted by Crippen LogP contribution is 2.33. The van der Waals surface area contributed by atoms with Crippen LogP contribution in [0.5, 0.6) is 0 Å². The summed E-state index contributed by atoms with van der Waals surface area (Å²) in [6.07, 6.45) is 7.63. The smallest absolute Gasteiger partial charge is 0.0990 e. The van der Waals surface area contributed by atoms with Crippen molar-refractivity contribution in [2.45, 2.75) is 50.6 Å². The van der Waals surface area contributed by atoms with E-state index in [2.05, 4.69) is 86.8 Å². The predicted octanol–water partition coefficient (Wildman–Crippen LogP) is 6.40. The minimum atomic E-state index is -1.63. The second-order valence-electron chi connectivity index (χ2n) is 6.47. The third-order valence-corrected chi connectivity index (χ3v) is 10.2. The number of unbranched alkanes of at least 4 members (excludes halogenated alkanes) is 3. The minimum Gasteiger partial charge on any atom is -0.0990 e. The number of benzene rings is 2. The topological polar surface area (TPSA) is 0 Å². The maximum absolute atomic E-state index is 2.52. The van der Waals surface area contributed by atoms with Crippen molar-refractivity contribution in [3.63, 3.8) is 0 Å². The Labute approximate surface area is 147 Å². The van der Waals surface area contributed by atoms with Gasteiger partial charge in [0, 0.05) is 4.90 Å². The monoisotopic (exact) mass is 340 g/mol. The molecule has 0 fully saturated rings. The average molecular weight is 341 g/mol. The third kappa shape index (κ3) is 5.40. The number of allylic oxidation sites excluding steroid dienone is 1. The van der Waals surface area contributed by atoms with E-state index in [1.54, 1.807) is 4.53 Å². The summed E-state index contributed by atoms with van der Waals surface area (Å²) in [6, 6.07) is 21.9. The Morgan fingerprint density at radius 2 is 1.52 bits per heavy atom. The second kappa shape index (κ2) is 9.14. The van der Waals surface area contributed by atoms with Gasteiger partial charge in [-0.25, -0.2) is 0 Å². The molecule has 0 nitrogen and oxygen atoms in total. The van der Waals surface area contributed by atoms with Crippen LogP contribution in [0.2, 0.25) is 13.1 Å². The van der Waals surface area contributed by atoms with E-state index in [0.717, 1.165) is 0 Å². The van der Waals surface area contributed by atoms with E-state index >= 15 is 0 Å². The van der Waals surface area contributed by atoms with Gasteiger partial charge in [0.25, 0.3) is 0 Å². The molecule has 0 spiro atoms. The van der Waals surface area contributed by atoms with Crippen molar-refractivity contribution in [2.75, 3.05) is 0 Å². The second-order valence-corrected chi connectivity index (χ2v) is 12.3. The van der Waals surface area contributed by atoms with Gasteiger partial charge >= 0.3 is 0 Å². The lowest BCUT2D eigenvalue weighted by atomic mass is 10.2. The standard InChI is InChI=1S/C21H28SSi/c1-4-5-6-13-18-21(22-19-14-9-7-10-15-19)23(2,3)20-16-11-8-12-17-20/h7-12,14-18H,4-6,13H2,1-3H3/b21-18+. The van der Waals surface area contributed by atoms with Crippen LogP contribution in [0.15, 0.2) is 76.2 Å². The van der Waals surface area contributed by atoms with E-state index in [1.165, 1.54) is 35.8 Å². The lowest BCUT2D eigenvalue weighted by molar-refractivity contribution is 0.729. The Bertz CT molecular complexity index is 602. The molecule has 2 heteroatoms. The first-order chi connectivity index (χ1) is 11.1. The van der Waals surface area contributed by atoms with Crippen molar-refractivity contribution in [2.24, 2.45) is 0 Å². The molecule has 23 heavy (non-hydrogen) atoms. The van der Waals surface area contributed by atoms with E-state index in [4.69, 9.17) is 0 Å². The molecule has 0 aromatic heterocycles. The van der Waals surface area contributed by atoms with Gasteiger partial charge in [0.1, 0.15) is 8.07 Å². The number of hydrogen-bond acceptors (Lipinski definition) is 1. The van der Waals surface area contributed by atoms with Crippen molar-refractivity contribution in [3.8, 4) is 0 Å². The van der Waals surface area contributed by atoms with Gasteiger partial charge in [-0.15, -0.1) is 0 Å². The van der Waals surface area contributed by atoms with E-state index in [1.807, 2.05) is 11.8 Å². The van der Waals surface area contributed by atoms with Crippen LogP contribution >= 0.6 is 11.8 Å². The van der Waals surface area contributed by atoms with E-state index in [0.29, 0.717) is 0 Å². The Morgan fingerprint density at radius 1 is 0.913 bits per heavy atom. The molecule has 0 unspecified atom stereocenters. The summed E-state index contributed by atoms with van der Waals surface area (Å²) >= 11 is 1.97.